The van der Waals surface area contributed by atoms with Crippen molar-refractivity contribution in [2.75, 3.05) is 18.5 Å². The molecule has 0 radical (unpaired) electrons. The molecule has 0 aliphatic carbocycles. The Bertz CT molecular complexity index is 988. The van der Waals surface area contributed by atoms with E-state index in [2.05, 4.69) is 10.6 Å². The number of ether oxygens (including phenoxy) is 1. The summed E-state index contributed by atoms with van der Waals surface area (Å²) in [5, 5.41) is 5.31. The van der Waals surface area contributed by atoms with Gasteiger partial charge in [0.1, 0.15) is 5.75 Å². The summed E-state index contributed by atoms with van der Waals surface area (Å²) < 4.78 is 5.53. The number of carbonyl (C=O) groups is 3. The van der Waals surface area contributed by atoms with Crippen molar-refractivity contribution >= 4 is 23.3 Å². The van der Waals surface area contributed by atoms with Gasteiger partial charge >= 0.3 is 0 Å². The van der Waals surface area contributed by atoms with Gasteiger partial charge < -0.3 is 15.4 Å². The molecular weight excluding hydrogens is 368 g/mol. The molecule has 0 unspecified atom stereocenters. The Balaban J connectivity index is 1.57. The second-order valence-electron chi connectivity index (χ2n) is 6.17. The highest BCUT2D eigenvalue weighted by molar-refractivity contribution is 6.03. The van der Waals surface area contributed by atoms with Crippen LogP contribution in [0, 0.1) is 0 Å². The van der Waals surface area contributed by atoms with Crippen LogP contribution in [0.1, 0.15) is 20.7 Å². The molecule has 3 aromatic rings. The number of carbonyl (C=O) groups excluding carboxylic acids is 3. The van der Waals surface area contributed by atoms with Crippen LogP contribution >= 0.6 is 0 Å². The van der Waals surface area contributed by atoms with Crippen LogP contribution < -0.4 is 15.4 Å². The Hall–Kier alpha value is -3.93. The van der Waals surface area contributed by atoms with Gasteiger partial charge in [0.25, 0.3) is 11.8 Å². The van der Waals surface area contributed by atoms with Gasteiger partial charge in [-0.1, -0.05) is 60.7 Å². The lowest BCUT2D eigenvalue weighted by Gasteiger charge is -2.12. The van der Waals surface area contributed by atoms with E-state index in [0.29, 0.717) is 11.3 Å². The summed E-state index contributed by atoms with van der Waals surface area (Å²) in [6.07, 6.45) is 0. The first-order valence-corrected chi connectivity index (χ1v) is 9.06. The summed E-state index contributed by atoms with van der Waals surface area (Å²) in [5.74, 6) is -0.723. The second-order valence-corrected chi connectivity index (χ2v) is 6.17. The summed E-state index contributed by atoms with van der Waals surface area (Å²) >= 11 is 0. The SMILES string of the molecule is O=C(COc1ccccc1C(=O)NCC(=O)c1ccccc1)Nc1ccccc1. The fourth-order valence-corrected chi connectivity index (χ4v) is 2.62. The van der Waals surface area contributed by atoms with E-state index < -0.39 is 5.91 Å². The Morgan fingerprint density at radius 2 is 1.38 bits per heavy atom. The molecule has 0 saturated heterocycles. The molecule has 0 bridgehead atoms. The fourth-order valence-electron chi connectivity index (χ4n) is 2.62. The van der Waals surface area contributed by atoms with E-state index in [0.717, 1.165) is 0 Å². The molecule has 0 aromatic heterocycles. The van der Waals surface area contributed by atoms with Gasteiger partial charge in [-0.2, -0.15) is 0 Å². The van der Waals surface area contributed by atoms with E-state index in [-0.39, 0.29) is 36.2 Å². The first-order valence-electron chi connectivity index (χ1n) is 9.06. The van der Waals surface area contributed by atoms with Crippen LogP contribution in [-0.4, -0.2) is 30.7 Å². The van der Waals surface area contributed by atoms with Gasteiger partial charge in [0, 0.05) is 11.3 Å². The Labute approximate surface area is 168 Å². The van der Waals surface area contributed by atoms with E-state index in [1.165, 1.54) is 0 Å². The quantitative estimate of drug-likeness (QED) is 0.580. The van der Waals surface area contributed by atoms with Gasteiger partial charge in [0.15, 0.2) is 12.4 Å². The molecule has 6 heteroatoms. The molecule has 0 aliphatic rings. The first-order chi connectivity index (χ1) is 14.1. The molecule has 2 amide bonds. The third kappa shape index (κ3) is 5.77. The van der Waals surface area contributed by atoms with Crippen LogP contribution in [0.5, 0.6) is 5.75 Å². The number of amides is 2. The van der Waals surface area contributed by atoms with E-state index in [4.69, 9.17) is 4.74 Å². The predicted molar refractivity (Wildman–Crippen MR) is 110 cm³/mol. The maximum absolute atomic E-state index is 12.5. The standard InChI is InChI=1S/C23H20N2O4/c26-20(17-9-3-1-4-10-17)15-24-23(28)19-13-7-8-14-21(19)29-16-22(27)25-18-11-5-2-6-12-18/h1-14H,15-16H2,(H,24,28)(H,25,27). The highest BCUT2D eigenvalue weighted by Crippen LogP contribution is 2.18. The molecule has 146 valence electrons. The third-order valence-corrected chi connectivity index (χ3v) is 4.05. The van der Waals surface area contributed by atoms with Crippen molar-refractivity contribution in [1.29, 1.82) is 0 Å². The Kier molecular flexibility index (Phi) is 6.73. The van der Waals surface area contributed by atoms with Crippen LogP contribution in [0.15, 0.2) is 84.9 Å². The molecule has 0 fully saturated rings. The normalized spacial score (nSPS) is 10.1. The van der Waals surface area contributed by atoms with Crippen molar-refractivity contribution in [2.45, 2.75) is 0 Å². The van der Waals surface area contributed by atoms with Crippen molar-refractivity contribution in [3.05, 3.63) is 96.1 Å². The number of hydrogen-bond acceptors (Lipinski definition) is 4. The number of hydrogen-bond donors (Lipinski definition) is 2. The molecule has 29 heavy (non-hydrogen) atoms. The third-order valence-electron chi connectivity index (χ3n) is 4.05. The van der Waals surface area contributed by atoms with Gasteiger partial charge in [-0.05, 0) is 24.3 Å². The van der Waals surface area contributed by atoms with Crippen LogP contribution in [0.3, 0.4) is 0 Å². The van der Waals surface area contributed by atoms with Crippen molar-refractivity contribution in [2.24, 2.45) is 0 Å². The van der Waals surface area contributed by atoms with Crippen molar-refractivity contribution in [3.63, 3.8) is 0 Å². The van der Waals surface area contributed by atoms with Crippen LogP contribution in [0.25, 0.3) is 0 Å². The van der Waals surface area contributed by atoms with E-state index in [9.17, 15) is 14.4 Å². The number of ketones is 1. The highest BCUT2D eigenvalue weighted by atomic mass is 16.5. The van der Waals surface area contributed by atoms with Crippen molar-refractivity contribution in [3.8, 4) is 5.75 Å². The monoisotopic (exact) mass is 388 g/mol. The zero-order chi connectivity index (χ0) is 20.5. The average molecular weight is 388 g/mol. The van der Waals surface area contributed by atoms with Crippen LogP contribution in [-0.2, 0) is 4.79 Å². The van der Waals surface area contributed by atoms with E-state index in [1.807, 2.05) is 24.3 Å². The molecule has 0 saturated carbocycles. The van der Waals surface area contributed by atoms with Gasteiger partial charge in [0.2, 0.25) is 0 Å². The smallest absolute Gasteiger partial charge is 0.262 e. The number of anilines is 1. The molecule has 2 N–H and O–H groups in total. The largest absolute Gasteiger partial charge is 0.483 e. The minimum atomic E-state index is -0.451. The summed E-state index contributed by atoms with van der Waals surface area (Å²) in [4.78, 5) is 36.7. The number of nitrogens with one attached hydrogen (secondary N) is 2. The number of Topliss-reactive ketones (excluding diaryl/α,β-unsaturated/α-hetero) is 1. The lowest BCUT2D eigenvalue weighted by molar-refractivity contribution is -0.118. The van der Waals surface area contributed by atoms with Crippen molar-refractivity contribution < 1.29 is 19.1 Å². The predicted octanol–water partition coefficient (Wildman–Crippen LogP) is 3.32. The summed E-state index contributed by atoms with van der Waals surface area (Å²) in [6.45, 7) is -0.381. The Morgan fingerprint density at radius 3 is 2.10 bits per heavy atom. The molecular formula is C23H20N2O4. The number of benzene rings is 3. The van der Waals surface area contributed by atoms with Gasteiger partial charge in [-0.3, -0.25) is 14.4 Å². The van der Waals surface area contributed by atoms with Crippen LogP contribution in [0.2, 0.25) is 0 Å². The average Bonchev–Trinajstić information content (AvgIpc) is 2.77. The fraction of sp³-hybridized carbons (Fsp3) is 0.0870. The lowest BCUT2D eigenvalue weighted by atomic mass is 10.1. The minimum absolute atomic E-state index is 0.133. The van der Waals surface area contributed by atoms with Crippen molar-refractivity contribution in [1.82, 2.24) is 5.32 Å². The number of rotatable bonds is 8. The molecule has 3 rings (SSSR count). The van der Waals surface area contributed by atoms with Crippen LogP contribution in [0.4, 0.5) is 5.69 Å². The first kappa shape index (κ1) is 19.8. The maximum atomic E-state index is 12.5. The molecule has 0 spiro atoms. The number of para-hydroxylation sites is 2. The molecule has 3 aromatic carbocycles. The molecule has 0 aliphatic heterocycles. The summed E-state index contributed by atoms with van der Waals surface area (Å²) in [6, 6.07) is 24.3. The highest BCUT2D eigenvalue weighted by Gasteiger charge is 2.15. The zero-order valence-corrected chi connectivity index (χ0v) is 15.6. The Morgan fingerprint density at radius 1 is 0.759 bits per heavy atom. The summed E-state index contributed by atoms with van der Waals surface area (Å²) in [5.41, 5.74) is 1.43. The zero-order valence-electron chi connectivity index (χ0n) is 15.6. The second kappa shape index (κ2) is 9.85. The maximum Gasteiger partial charge on any atom is 0.262 e. The molecule has 6 nitrogen and oxygen atoms in total. The topological polar surface area (TPSA) is 84.5 Å². The summed E-state index contributed by atoms with van der Waals surface area (Å²) in [7, 11) is 0. The van der Waals surface area contributed by atoms with Gasteiger partial charge in [-0.15, -0.1) is 0 Å². The van der Waals surface area contributed by atoms with Gasteiger partial charge in [0.05, 0.1) is 12.1 Å². The van der Waals surface area contributed by atoms with E-state index in [1.54, 1.807) is 60.7 Å². The molecule has 0 atom stereocenters. The lowest BCUT2D eigenvalue weighted by Crippen LogP contribution is -2.30. The van der Waals surface area contributed by atoms with E-state index >= 15 is 0 Å². The minimum Gasteiger partial charge on any atom is -0.483 e. The van der Waals surface area contributed by atoms with Gasteiger partial charge in [-0.25, -0.2) is 0 Å². The molecule has 0 heterocycles.